The van der Waals surface area contributed by atoms with Crippen LogP contribution in [0.15, 0.2) is 55.1 Å². The maximum Gasteiger partial charge on any atom is 0.419 e. The topological polar surface area (TPSA) is 54.9 Å². The van der Waals surface area contributed by atoms with Gasteiger partial charge in [-0.15, -0.1) is 0 Å². The van der Waals surface area contributed by atoms with Crippen LogP contribution in [0.1, 0.15) is 23.6 Å². The highest BCUT2D eigenvalue weighted by Gasteiger charge is 2.43. The Hall–Kier alpha value is -3.29. The number of halogens is 4. The molecule has 1 amide bonds. The zero-order valence-electron chi connectivity index (χ0n) is 15.2. The summed E-state index contributed by atoms with van der Waals surface area (Å²) in [5, 5.41) is 2.81. The Balaban J connectivity index is 1.78. The van der Waals surface area contributed by atoms with E-state index in [-0.39, 0.29) is 11.5 Å². The van der Waals surface area contributed by atoms with E-state index in [1.54, 1.807) is 37.5 Å². The Morgan fingerprint density at radius 1 is 1.03 bits per heavy atom. The maximum atomic E-state index is 13.6. The molecule has 0 spiro atoms. The molecule has 1 aliphatic heterocycles. The largest absolute Gasteiger partial charge is 0.419 e. The molecule has 0 aliphatic carbocycles. The third-order valence-electron chi connectivity index (χ3n) is 5.14. The van der Waals surface area contributed by atoms with E-state index in [1.807, 2.05) is 0 Å². The van der Waals surface area contributed by atoms with E-state index < -0.39 is 23.0 Å². The van der Waals surface area contributed by atoms with Crippen LogP contribution in [0.3, 0.4) is 0 Å². The summed E-state index contributed by atoms with van der Waals surface area (Å²) in [5.41, 5.74) is 0.409. The lowest BCUT2D eigenvalue weighted by atomic mass is 9.78. The molecule has 1 unspecified atom stereocenters. The summed E-state index contributed by atoms with van der Waals surface area (Å²) in [6, 6.07) is 7.79. The number of aromatic nitrogens is 2. The predicted molar refractivity (Wildman–Crippen MR) is 98.6 cm³/mol. The summed E-state index contributed by atoms with van der Waals surface area (Å²) in [5.74, 6) is -1.54. The van der Waals surface area contributed by atoms with Crippen molar-refractivity contribution in [1.82, 2.24) is 9.97 Å². The molecule has 2 aromatic carbocycles. The summed E-state index contributed by atoms with van der Waals surface area (Å²) in [7, 11) is 0. The molecule has 0 saturated carbocycles. The number of carbonyl (C=O) groups is 1. The van der Waals surface area contributed by atoms with Gasteiger partial charge in [0.15, 0.2) is 0 Å². The van der Waals surface area contributed by atoms with Crippen LogP contribution in [0.25, 0.3) is 11.1 Å². The van der Waals surface area contributed by atoms with Gasteiger partial charge in [0.1, 0.15) is 12.1 Å². The lowest BCUT2D eigenvalue weighted by Crippen LogP contribution is -2.33. The Morgan fingerprint density at radius 3 is 2.38 bits per heavy atom. The van der Waals surface area contributed by atoms with Crippen molar-refractivity contribution in [3.8, 4) is 11.1 Å². The molecular formula is C21H15F4N3O. The Labute approximate surface area is 163 Å². The van der Waals surface area contributed by atoms with Gasteiger partial charge in [-0.3, -0.25) is 4.79 Å². The average Bonchev–Trinajstić information content (AvgIpc) is 2.92. The number of alkyl halides is 3. The Bertz CT molecular complexity index is 1100. The number of anilines is 1. The molecule has 0 saturated heterocycles. The summed E-state index contributed by atoms with van der Waals surface area (Å²) in [6.45, 7) is 1.76. The fourth-order valence-electron chi connectivity index (χ4n) is 3.60. The van der Waals surface area contributed by atoms with Gasteiger partial charge in [0.25, 0.3) is 0 Å². The van der Waals surface area contributed by atoms with E-state index in [2.05, 4.69) is 15.3 Å². The van der Waals surface area contributed by atoms with Crippen LogP contribution >= 0.6 is 0 Å². The molecular weight excluding hydrogens is 386 g/mol. The summed E-state index contributed by atoms with van der Waals surface area (Å²) >= 11 is 0. The number of amides is 1. The van der Waals surface area contributed by atoms with E-state index >= 15 is 0 Å². The summed E-state index contributed by atoms with van der Waals surface area (Å²) in [4.78, 5) is 20.6. The fraction of sp³-hybridized carbons (Fsp3) is 0.190. The van der Waals surface area contributed by atoms with E-state index in [0.29, 0.717) is 23.2 Å². The second kappa shape index (κ2) is 6.65. The smallest absolute Gasteiger partial charge is 0.325 e. The molecule has 29 heavy (non-hydrogen) atoms. The quantitative estimate of drug-likeness (QED) is 0.644. The number of hydrogen-bond acceptors (Lipinski definition) is 3. The molecule has 148 valence electrons. The van der Waals surface area contributed by atoms with Crippen LogP contribution in [0.2, 0.25) is 0 Å². The Kier molecular flexibility index (Phi) is 4.37. The lowest BCUT2D eigenvalue weighted by Gasteiger charge is -2.22. The van der Waals surface area contributed by atoms with Gasteiger partial charge in [-0.05, 0) is 59.9 Å². The van der Waals surface area contributed by atoms with Crippen LogP contribution in [-0.2, 0) is 22.8 Å². The first kappa shape index (κ1) is 19.0. The number of nitrogens with zero attached hydrogens (tertiary/aromatic N) is 2. The van der Waals surface area contributed by atoms with Gasteiger partial charge < -0.3 is 5.32 Å². The monoisotopic (exact) mass is 401 g/mol. The van der Waals surface area contributed by atoms with Gasteiger partial charge in [0.05, 0.1) is 11.0 Å². The fourth-order valence-corrected chi connectivity index (χ4v) is 3.60. The average molecular weight is 401 g/mol. The van der Waals surface area contributed by atoms with Gasteiger partial charge in [-0.1, -0.05) is 12.1 Å². The molecule has 1 atom stereocenters. The Morgan fingerprint density at radius 2 is 1.69 bits per heavy atom. The minimum absolute atomic E-state index is 0.214. The van der Waals surface area contributed by atoms with Crippen molar-refractivity contribution in [2.24, 2.45) is 0 Å². The highest BCUT2D eigenvalue weighted by Crippen LogP contribution is 2.42. The van der Waals surface area contributed by atoms with Crippen LogP contribution in [0, 0.1) is 5.82 Å². The van der Waals surface area contributed by atoms with Crippen molar-refractivity contribution in [2.45, 2.75) is 24.9 Å². The van der Waals surface area contributed by atoms with Crippen molar-refractivity contribution in [3.63, 3.8) is 0 Å². The van der Waals surface area contributed by atoms with Crippen molar-refractivity contribution in [3.05, 3.63) is 77.6 Å². The standard InChI is InChI=1S/C21H15F4N3O/c1-20(8-12-9-26-11-27-10-12)16-7-14(3-5-18(16)28-19(20)29)13-2-4-17(22)15(6-13)21(23,24)25/h2-7,9-11H,8H2,1H3,(H,28,29). The predicted octanol–water partition coefficient (Wildman–Crippen LogP) is 4.75. The second-order valence-corrected chi connectivity index (χ2v) is 7.16. The van der Waals surface area contributed by atoms with Gasteiger partial charge in [0, 0.05) is 18.1 Å². The number of benzene rings is 2. The minimum atomic E-state index is -4.80. The first-order chi connectivity index (χ1) is 13.7. The van der Waals surface area contributed by atoms with Gasteiger partial charge in [-0.2, -0.15) is 13.2 Å². The molecule has 0 radical (unpaired) electrons. The van der Waals surface area contributed by atoms with Crippen molar-refractivity contribution < 1.29 is 22.4 Å². The third-order valence-corrected chi connectivity index (χ3v) is 5.14. The number of carbonyl (C=O) groups excluding carboxylic acids is 1. The molecule has 3 aromatic rings. The molecule has 4 nitrogen and oxygen atoms in total. The molecule has 0 bridgehead atoms. The first-order valence-electron chi connectivity index (χ1n) is 8.75. The van der Waals surface area contributed by atoms with Gasteiger partial charge in [0.2, 0.25) is 5.91 Å². The van der Waals surface area contributed by atoms with E-state index in [9.17, 15) is 22.4 Å². The van der Waals surface area contributed by atoms with E-state index in [0.717, 1.165) is 17.7 Å². The molecule has 1 aliphatic rings. The van der Waals surface area contributed by atoms with Crippen LogP contribution in [-0.4, -0.2) is 15.9 Å². The third kappa shape index (κ3) is 3.35. The van der Waals surface area contributed by atoms with Gasteiger partial charge in [-0.25, -0.2) is 14.4 Å². The lowest BCUT2D eigenvalue weighted by molar-refractivity contribution is -0.140. The molecule has 1 aromatic heterocycles. The van der Waals surface area contributed by atoms with E-state index in [4.69, 9.17) is 0 Å². The van der Waals surface area contributed by atoms with Crippen LogP contribution < -0.4 is 5.32 Å². The minimum Gasteiger partial charge on any atom is -0.325 e. The zero-order valence-corrected chi connectivity index (χ0v) is 15.2. The normalized spacial score (nSPS) is 18.4. The molecule has 2 heterocycles. The number of nitrogens with one attached hydrogen (secondary N) is 1. The molecule has 1 N–H and O–H groups in total. The number of hydrogen-bond donors (Lipinski definition) is 1. The van der Waals surface area contributed by atoms with Crippen molar-refractivity contribution in [1.29, 1.82) is 0 Å². The highest BCUT2D eigenvalue weighted by atomic mass is 19.4. The number of rotatable bonds is 3. The van der Waals surface area contributed by atoms with E-state index in [1.165, 1.54) is 12.4 Å². The first-order valence-corrected chi connectivity index (χ1v) is 8.75. The van der Waals surface area contributed by atoms with Crippen LogP contribution in [0.4, 0.5) is 23.2 Å². The molecule has 0 fully saturated rings. The van der Waals surface area contributed by atoms with Crippen molar-refractivity contribution >= 4 is 11.6 Å². The van der Waals surface area contributed by atoms with Crippen LogP contribution in [0.5, 0.6) is 0 Å². The molecule has 4 rings (SSSR count). The SMILES string of the molecule is CC1(Cc2cncnc2)C(=O)Nc2ccc(-c3ccc(F)c(C(F)(F)F)c3)cc21. The zero-order chi connectivity index (χ0) is 20.8. The molecule has 8 heteroatoms. The highest BCUT2D eigenvalue weighted by molar-refractivity contribution is 6.06. The van der Waals surface area contributed by atoms with Gasteiger partial charge >= 0.3 is 6.18 Å². The van der Waals surface area contributed by atoms with Crippen molar-refractivity contribution in [2.75, 3.05) is 5.32 Å². The number of fused-ring (bicyclic) bond motifs is 1. The summed E-state index contributed by atoms with van der Waals surface area (Å²) < 4.78 is 52.9. The summed E-state index contributed by atoms with van der Waals surface area (Å²) in [6.07, 6.45) is 0.148. The second-order valence-electron chi connectivity index (χ2n) is 7.16. The maximum absolute atomic E-state index is 13.6.